The number of aromatic nitrogens is 4. The smallest absolute Gasteiger partial charge is 0.223 e. The molecule has 0 amide bonds. The second-order valence-electron chi connectivity index (χ2n) is 4.01. The van der Waals surface area contributed by atoms with Gasteiger partial charge >= 0.3 is 0 Å². The van der Waals surface area contributed by atoms with E-state index >= 15 is 0 Å². The summed E-state index contributed by atoms with van der Waals surface area (Å²) in [5, 5.41) is 7.09. The molecule has 0 bridgehead atoms. The Bertz CT molecular complexity index is 657. The minimum atomic E-state index is 0.581. The summed E-state index contributed by atoms with van der Waals surface area (Å²) in [5.74, 6) is 1.25. The summed E-state index contributed by atoms with van der Waals surface area (Å²) in [6, 6.07) is 5.94. The molecule has 0 aliphatic carbocycles. The summed E-state index contributed by atoms with van der Waals surface area (Å²) < 4.78 is 6.95. The zero-order chi connectivity index (χ0) is 12.4. The molecule has 1 N–H and O–H groups in total. The number of aryl methyl sites for hydroxylation is 1. The van der Waals surface area contributed by atoms with E-state index in [4.69, 9.17) is 4.52 Å². The van der Waals surface area contributed by atoms with E-state index < -0.39 is 0 Å². The average Bonchev–Trinajstić information content (AvgIpc) is 2.97. The normalized spacial score (nSPS) is 11.2. The van der Waals surface area contributed by atoms with Crippen LogP contribution in [0.5, 0.6) is 0 Å². The van der Waals surface area contributed by atoms with E-state index in [0.29, 0.717) is 24.8 Å². The standard InChI is InChI=1S/C12H13N5O/c1-9-15-11(16-18-9)8-13-6-10-7-14-12-4-2-3-5-17(10)12/h2-5,7,13H,6,8H2,1H3. The van der Waals surface area contributed by atoms with Crippen LogP contribution in [0.4, 0.5) is 0 Å². The zero-order valence-electron chi connectivity index (χ0n) is 10.00. The maximum atomic E-state index is 4.90. The quantitative estimate of drug-likeness (QED) is 0.748. The number of nitrogens with zero attached hydrogens (tertiary/aromatic N) is 4. The van der Waals surface area contributed by atoms with Crippen LogP contribution < -0.4 is 5.32 Å². The van der Waals surface area contributed by atoms with Gasteiger partial charge in [-0.05, 0) is 12.1 Å². The molecular formula is C12H13N5O. The van der Waals surface area contributed by atoms with E-state index in [0.717, 1.165) is 11.3 Å². The lowest BCUT2D eigenvalue weighted by Gasteiger charge is -2.01. The Morgan fingerprint density at radius 2 is 2.28 bits per heavy atom. The first-order valence-corrected chi connectivity index (χ1v) is 5.74. The van der Waals surface area contributed by atoms with Crippen LogP contribution in [0.25, 0.3) is 5.65 Å². The topological polar surface area (TPSA) is 68.2 Å². The first-order chi connectivity index (χ1) is 8.83. The van der Waals surface area contributed by atoms with E-state index in [1.165, 1.54) is 0 Å². The van der Waals surface area contributed by atoms with Gasteiger partial charge in [0.1, 0.15) is 5.65 Å². The van der Waals surface area contributed by atoms with Gasteiger partial charge in [0.2, 0.25) is 5.89 Å². The lowest BCUT2D eigenvalue weighted by Crippen LogP contribution is -2.14. The molecule has 18 heavy (non-hydrogen) atoms. The van der Waals surface area contributed by atoms with Crippen molar-refractivity contribution in [3.05, 3.63) is 48.0 Å². The maximum absolute atomic E-state index is 4.90. The summed E-state index contributed by atoms with van der Waals surface area (Å²) in [6.45, 7) is 3.07. The van der Waals surface area contributed by atoms with Gasteiger partial charge in [-0.15, -0.1) is 0 Å². The fraction of sp³-hybridized carbons (Fsp3) is 0.250. The summed E-state index contributed by atoms with van der Waals surface area (Å²) in [4.78, 5) is 8.45. The van der Waals surface area contributed by atoms with Gasteiger partial charge in [-0.25, -0.2) is 4.98 Å². The number of rotatable bonds is 4. The van der Waals surface area contributed by atoms with E-state index in [9.17, 15) is 0 Å². The molecule has 0 aliphatic rings. The molecule has 0 aliphatic heterocycles. The second-order valence-corrected chi connectivity index (χ2v) is 4.01. The zero-order valence-corrected chi connectivity index (χ0v) is 10.00. The Balaban J connectivity index is 1.66. The predicted molar refractivity (Wildman–Crippen MR) is 64.8 cm³/mol. The van der Waals surface area contributed by atoms with Crippen molar-refractivity contribution in [1.29, 1.82) is 0 Å². The Morgan fingerprint density at radius 3 is 3.11 bits per heavy atom. The van der Waals surface area contributed by atoms with Crippen molar-refractivity contribution in [2.24, 2.45) is 0 Å². The van der Waals surface area contributed by atoms with Gasteiger partial charge in [0, 0.05) is 19.7 Å². The second kappa shape index (κ2) is 4.58. The minimum Gasteiger partial charge on any atom is -0.340 e. The summed E-state index contributed by atoms with van der Waals surface area (Å²) in [5.41, 5.74) is 2.05. The van der Waals surface area contributed by atoms with Crippen molar-refractivity contribution in [3.8, 4) is 0 Å². The van der Waals surface area contributed by atoms with Crippen LogP contribution >= 0.6 is 0 Å². The highest BCUT2D eigenvalue weighted by molar-refractivity contribution is 5.39. The SMILES string of the molecule is Cc1nc(CNCc2cnc3ccccn23)no1. The van der Waals surface area contributed by atoms with Gasteiger partial charge in [-0.1, -0.05) is 11.2 Å². The maximum Gasteiger partial charge on any atom is 0.223 e. The van der Waals surface area contributed by atoms with E-state index in [1.807, 2.05) is 30.6 Å². The first kappa shape index (κ1) is 10.9. The van der Waals surface area contributed by atoms with Crippen LogP contribution in [-0.4, -0.2) is 19.5 Å². The Labute approximate surface area is 104 Å². The fourth-order valence-electron chi connectivity index (χ4n) is 1.83. The Morgan fingerprint density at radius 1 is 1.33 bits per heavy atom. The lowest BCUT2D eigenvalue weighted by molar-refractivity contribution is 0.385. The van der Waals surface area contributed by atoms with E-state index in [1.54, 1.807) is 6.92 Å². The van der Waals surface area contributed by atoms with Crippen LogP contribution in [0.1, 0.15) is 17.4 Å². The van der Waals surface area contributed by atoms with Gasteiger partial charge in [-0.2, -0.15) is 4.98 Å². The third-order valence-corrected chi connectivity index (χ3v) is 2.65. The molecule has 6 heteroatoms. The molecule has 0 aromatic carbocycles. The minimum absolute atomic E-state index is 0.581. The van der Waals surface area contributed by atoms with Crippen molar-refractivity contribution >= 4 is 5.65 Å². The van der Waals surface area contributed by atoms with Crippen LogP contribution in [0.2, 0.25) is 0 Å². The Kier molecular flexibility index (Phi) is 2.77. The molecule has 0 saturated carbocycles. The van der Waals surface area contributed by atoms with Gasteiger partial charge in [0.05, 0.1) is 18.4 Å². The number of fused-ring (bicyclic) bond motifs is 1. The monoisotopic (exact) mass is 243 g/mol. The highest BCUT2D eigenvalue weighted by atomic mass is 16.5. The highest BCUT2D eigenvalue weighted by Crippen LogP contribution is 2.05. The van der Waals surface area contributed by atoms with Crippen molar-refractivity contribution in [2.75, 3.05) is 0 Å². The van der Waals surface area contributed by atoms with Crippen LogP contribution in [0.15, 0.2) is 35.1 Å². The van der Waals surface area contributed by atoms with Crippen molar-refractivity contribution in [3.63, 3.8) is 0 Å². The number of pyridine rings is 1. The fourth-order valence-corrected chi connectivity index (χ4v) is 1.83. The van der Waals surface area contributed by atoms with Crippen LogP contribution in [0, 0.1) is 6.92 Å². The van der Waals surface area contributed by atoms with Gasteiger partial charge in [-0.3, -0.25) is 0 Å². The summed E-state index contributed by atoms with van der Waals surface area (Å²) in [6.07, 6.45) is 3.86. The molecule has 92 valence electrons. The first-order valence-electron chi connectivity index (χ1n) is 5.74. The van der Waals surface area contributed by atoms with Gasteiger partial charge in [0.25, 0.3) is 0 Å². The molecule has 3 heterocycles. The molecule has 0 radical (unpaired) electrons. The van der Waals surface area contributed by atoms with Crippen LogP contribution in [0.3, 0.4) is 0 Å². The van der Waals surface area contributed by atoms with Crippen LogP contribution in [-0.2, 0) is 13.1 Å². The van der Waals surface area contributed by atoms with E-state index in [-0.39, 0.29) is 0 Å². The molecular weight excluding hydrogens is 230 g/mol. The highest BCUT2D eigenvalue weighted by Gasteiger charge is 2.04. The summed E-state index contributed by atoms with van der Waals surface area (Å²) >= 11 is 0. The summed E-state index contributed by atoms with van der Waals surface area (Å²) in [7, 11) is 0. The molecule has 0 unspecified atom stereocenters. The molecule has 0 saturated heterocycles. The molecule has 0 fully saturated rings. The molecule has 6 nitrogen and oxygen atoms in total. The predicted octanol–water partition coefficient (Wildman–Crippen LogP) is 1.32. The Hall–Kier alpha value is -2.21. The lowest BCUT2D eigenvalue weighted by atomic mass is 10.4. The molecule has 3 aromatic rings. The van der Waals surface area contributed by atoms with Crippen molar-refractivity contribution in [2.45, 2.75) is 20.0 Å². The molecule has 3 rings (SSSR count). The third kappa shape index (κ3) is 2.10. The molecule has 0 atom stereocenters. The van der Waals surface area contributed by atoms with Crippen molar-refractivity contribution in [1.82, 2.24) is 24.8 Å². The van der Waals surface area contributed by atoms with Gasteiger partial charge in [0.15, 0.2) is 5.82 Å². The van der Waals surface area contributed by atoms with Crippen molar-refractivity contribution < 1.29 is 4.52 Å². The third-order valence-electron chi connectivity index (χ3n) is 2.65. The largest absolute Gasteiger partial charge is 0.340 e. The number of imidazole rings is 1. The number of hydrogen-bond donors (Lipinski definition) is 1. The number of hydrogen-bond acceptors (Lipinski definition) is 5. The molecule has 0 spiro atoms. The van der Waals surface area contributed by atoms with Gasteiger partial charge < -0.3 is 14.2 Å². The number of nitrogens with one attached hydrogen (secondary N) is 1. The van der Waals surface area contributed by atoms with E-state index in [2.05, 4.69) is 24.8 Å². The molecule has 3 aromatic heterocycles. The average molecular weight is 243 g/mol.